The Balaban J connectivity index is 0.00000324. The molecule has 0 aliphatic heterocycles. The van der Waals surface area contributed by atoms with Crippen molar-refractivity contribution in [2.24, 2.45) is 11.5 Å². The van der Waals surface area contributed by atoms with Crippen LogP contribution < -0.4 is 16.2 Å². The second-order valence-corrected chi connectivity index (χ2v) is 3.98. The molecule has 0 radical (unpaired) electrons. The van der Waals surface area contributed by atoms with Crippen molar-refractivity contribution >= 4 is 12.4 Å². The number of hydrogen-bond acceptors (Lipinski definition) is 3. The Kier molecular flexibility index (Phi) is 7.82. The molecule has 19 heavy (non-hydrogen) atoms. The van der Waals surface area contributed by atoms with Gasteiger partial charge in [-0.2, -0.15) is 0 Å². The van der Waals surface area contributed by atoms with Crippen molar-refractivity contribution < 1.29 is 17.9 Å². The van der Waals surface area contributed by atoms with Gasteiger partial charge in [0.1, 0.15) is 5.75 Å². The summed E-state index contributed by atoms with van der Waals surface area (Å²) in [5.41, 5.74) is 11.6. The summed E-state index contributed by atoms with van der Waals surface area (Å²) in [4.78, 5) is 0. The molecule has 4 N–H and O–H groups in total. The third-order valence-electron chi connectivity index (χ3n) is 2.51. The van der Waals surface area contributed by atoms with Gasteiger partial charge in [0.25, 0.3) is 0 Å². The summed E-state index contributed by atoms with van der Waals surface area (Å²) in [5, 5.41) is 0. The molecule has 3 nitrogen and oxygen atoms in total. The summed E-state index contributed by atoms with van der Waals surface area (Å²) < 4.78 is 40.6. The zero-order chi connectivity index (χ0) is 13.6. The molecule has 0 spiro atoms. The van der Waals surface area contributed by atoms with Crippen molar-refractivity contribution in [3.63, 3.8) is 0 Å². The number of ether oxygens (including phenoxy) is 1. The van der Waals surface area contributed by atoms with Crippen LogP contribution in [0.2, 0.25) is 0 Å². The van der Waals surface area contributed by atoms with Gasteiger partial charge >= 0.3 is 6.36 Å². The van der Waals surface area contributed by atoms with Crippen LogP contribution in [-0.2, 0) is 0 Å². The smallest absolute Gasteiger partial charge is 0.405 e. The fraction of sp³-hybridized carbons (Fsp3) is 0.500. The third-order valence-corrected chi connectivity index (χ3v) is 2.51. The van der Waals surface area contributed by atoms with Crippen LogP contribution in [0.3, 0.4) is 0 Å². The SMILES string of the molecule is Cl.NCCCC[C@@H](N)c1ccccc1OC(F)(F)F. The fourth-order valence-corrected chi connectivity index (χ4v) is 1.67. The predicted molar refractivity (Wildman–Crippen MR) is 70.2 cm³/mol. The molecule has 1 atom stereocenters. The van der Waals surface area contributed by atoms with Crippen LogP contribution >= 0.6 is 12.4 Å². The van der Waals surface area contributed by atoms with E-state index in [0.29, 0.717) is 18.5 Å². The lowest BCUT2D eigenvalue weighted by Gasteiger charge is -2.17. The average molecular weight is 299 g/mol. The van der Waals surface area contributed by atoms with Crippen LogP contribution in [-0.4, -0.2) is 12.9 Å². The van der Waals surface area contributed by atoms with Gasteiger partial charge < -0.3 is 16.2 Å². The van der Waals surface area contributed by atoms with Crippen molar-refractivity contribution in [1.82, 2.24) is 0 Å². The van der Waals surface area contributed by atoms with E-state index in [1.807, 2.05) is 0 Å². The lowest BCUT2D eigenvalue weighted by molar-refractivity contribution is -0.275. The Morgan fingerprint density at radius 2 is 1.79 bits per heavy atom. The minimum Gasteiger partial charge on any atom is -0.405 e. The average Bonchev–Trinajstić information content (AvgIpc) is 2.27. The number of benzene rings is 1. The molecule has 0 saturated carbocycles. The van der Waals surface area contributed by atoms with E-state index in [0.717, 1.165) is 12.8 Å². The molecule has 1 rings (SSSR count). The van der Waals surface area contributed by atoms with E-state index in [4.69, 9.17) is 11.5 Å². The molecule has 7 heteroatoms. The Hall–Kier alpha value is -0.980. The molecule has 0 saturated heterocycles. The Morgan fingerprint density at radius 1 is 1.16 bits per heavy atom. The number of hydrogen-bond donors (Lipinski definition) is 2. The molecule has 110 valence electrons. The van der Waals surface area contributed by atoms with Gasteiger partial charge in [0.15, 0.2) is 0 Å². The first-order chi connectivity index (χ1) is 8.44. The van der Waals surface area contributed by atoms with Crippen molar-refractivity contribution in [2.45, 2.75) is 31.7 Å². The first kappa shape index (κ1) is 18.0. The maximum Gasteiger partial charge on any atom is 0.573 e. The minimum atomic E-state index is -4.70. The van der Waals surface area contributed by atoms with Crippen molar-refractivity contribution in [1.29, 1.82) is 0 Å². The van der Waals surface area contributed by atoms with Gasteiger partial charge in [-0.3, -0.25) is 0 Å². The van der Waals surface area contributed by atoms with E-state index in [9.17, 15) is 13.2 Å². The summed E-state index contributed by atoms with van der Waals surface area (Å²) in [6, 6.07) is 5.47. The molecule has 0 aromatic heterocycles. The van der Waals surface area contributed by atoms with Gasteiger partial charge in [-0.05, 0) is 25.5 Å². The standard InChI is InChI=1S/C12H17F3N2O.ClH/c13-12(14,15)18-11-7-2-1-5-9(11)10(17)6-3-4-8-16;/h1-2,5,7,10H,3-4,6,8,16-17H2;1H/t10-;/m1./s1. The third kappa shape index (κ3) is 6.66. The quantitative estimate of drug-likeness (QED) is 0.793. The Bertz CT molecular complexity index is 374. The Morgan fingerprint density at radius 3 is 2.37 bits per heavy atom. The number of nitrogens with two attached hydrogens (primary N) is 2. The van der Waals surface area contributed by atoms with E-state index < -0.39 is 12.4 Å². The monoisotopic (exact) mass is 298 g/mol. The first-order valence-corrected chi connectivity index (χ1v) is 5.74. The van der Waals surface area contributed by atoms with Crippen molar-refractivity contribution in [2.75, 3.05) is 6.54 Å². The molecule has 0 fully saturated rings. The number of para-hydroxylation sites is 1. The summed E-state index contributed by atoms with van der Waals surface area (Å²) in [5.74, 6) is -0.231. The van der Waals surface area contributed by atoms with E-state index in [-0.39, 0.29) is 18.2 Å². The molecule has 0 aliphatic rings. The summed E-state index contributed by atoms with van der Waals surface area (Å²) in [6.45, 7) is 0.549. The van der Waals surface area contributed by atoms with E-state index in [1.54, 1.807) is 12.1 Å². The van der Waals surface area contributed by atoms with Crippen LogP contribution in [0.5, 0.6) is 5.75 Å². The van der Waals surface area contributed by atoms with Gasteiger partial charge in [-0.1, -0.05) is 24.6 Å². The largest absolute Gasteiger partial charge is 0.573 e. The number of alkyl halides is 3. The van der Waals surface area contributed by atoms with E-state index >= 15 is 0 Å². The maximum absolute atomic E-state index is 12.2. The van der Waals surface area contributed by atoms with Crippen LogP contribution in [0, 0.1) is 0 Å². The summed E-state index contributed by atoms with van der Waals surface area (Å²) in [7, 11) is 0. The van der Waals surface area contributed by atoms with Gasteiger partial charge in [-0.25, -0.2) is 0 Å². The highest BCUT2D eigenvalue weighted by atomic mass is 35.5. The highest BCUT2D eigenvalue weighted by molar-refractivity contribution is 5.85. The topological polar surface area (TPSA) is 61.3 Å². The molecule has 0 amide bonds. The molecular weight excluding hydrogens is 281 g/mol. The van der Waals surface area contributed by atoms with Crippen molar-refractivity contribution in [3.8, 4) is 5.75 Å². The van der Waals surface area contributed by atoms with E-state index in [2.05, 4.69) is 4.74 Å². The zero-order valence-electron chi connectivity index (χ0n) is 10.3. The van der Waals surface area contributed by atoms with Gasteiger partial charge in [0.05, 0.1) is 0 Å². The Labute approximate surface area is 116 Å². The normalized spacial score (nSPS) is 12.7. The lowest BCUT2D eigenvalue weighted by Crippen LogP contribution is -2.20. The minimum absolute atomic E-state index is 0. The molecule has 0 heterocycles. The van der Waals surface area contributed by atoms with Crippen LogP contribution in [0.1, 0.15) is 30.9 Å². The van der Waals surface area contributed by atoms with Gasteiger partial charge in [0, 0.05) is 11.6 Å². The van der Waals surface area contributed by atoms with Crippen LogP contribution in [0.15, 0.2) is 24.3 Å². The molecular formula is C12H18ClF3N2O. The highest BCUT2D eigenvalue weighted by Gasteiger charge is 2.32. The summed E-state index contributed by atoms with van der Waals surface area (Å²) in [6.07, 6.45) is -2.55. The molecule has 0 aliphatic carbocycles. The predicted octanol–water partition coefficient (Wildman–Crippen LogP) is 3.14. The number of rotatable bonds is 6. The number of unbranched alkanes of at least 4 members (excludes halogenated alkanes) is 1. The fourth-order valence-electron chi connectivity index (χ4n) is 1.67. The van der Waals surface area contributed by atoms with Crippen LogP contribution in [0.4, 0.5) is 13.2 Å². The molecule has 1 aromatic carbocycles. The second-order valence-electron chi connectivity index (χ2n) is 3.98. The van der Waals surface area contributed by atoms with E-state index in [1.165, 1.54) is 12.1 Å². The summed E-state index contributed by atoms with van der Waals surface area (Å²) >= 11 is 0. The van der Waals surface area contributed by atoms with Gasteiger partial charge in [0.2, 0.25) is 0 Å². The highest BCUT2D eigenvalue weighted by Crippen LogP contribution is 2.31. The zero-order valence-corrected chi connectivity index (χ0v) is 11.1. The molecule has 1 aromatic rings. The second kappa shape index (κ2) is 8.24. The molecule has 0 bridgehead atoms. The maximum atomic E-state index is 12.2. The van der Waals surface area contributed by atoms with Crippen LogP contribution in [0.25, 0.3) is 0 Å². The number of halogens is 4. The lowest BCUT2D eigenvalue weighted by atomic mass is 10.0. The van der Waals surface area contributed by atoms with Gasteiger partial charge in [-0.15, -0.1) is 25.6 Å². The van der Waals surface area contributed by atoms with Crippen molar-refractivity contribution in [3.05, 3.63) is 29.8 Å². The first-order valence-electron chi connectivity index (χ1n) is 5.74. The molecule has 0 unspecified atom stereocenters.